The first-order valence-corrected chi connectivity index (χ1v) is 7.25. The van der Waals surface area contributed by atoms with Crippen LogP contribution in [-0.2, 0) is 4.74 Å². The maximum absolute atomic E-state index is 5.59. The van der Waals surface area contributed by atoms with Gasteiger partial charge in [-0.2, -0.15) is 0 Å². The zero-order chi connectivity index (χ0) is 14.3. The fourth-order valence-electron chi connectivity index (χ4n) is 1.55. The lowest BCUT2D eigenvalue weighted by Crippen LogP contribution is -2.28. The Morgan fingerprint density at radius 3 is 2.79 bits per heavy atom. The number of rotatable bonds is 8. The van der Waals surface area contributed by atoms with E-state index in [1.807, 2.05) is 18.2 Å². The van der Waals surface area contributed by atoms with Crippen molar-refractivity contribution in [2.24, 2.45) is 5.73 Å². The molecule has 0 bridgehead atoms. The van der Waals surface area contributed by atoms with Crippen molar-refractivity contribution in [3.05, 3.63) is 28.2 Å². The molecular weight excluding hydrogens is 326 g/mol. The fourth-order valence-corrected chi connectivity index (χ4v) is 2.20. The van der Waals surface area contributed by atoms with Crippen molar-refractivity contribution in [3.63, 3.8) is 0 Å². The molecule has 6 heteroatoms. The van der Waals surface area contributed by atoms with Gasteiger partial charge in [0.05, 0.1) is 6.61 Å². The second-order valence-corrected chi connectivity index (χ2v) is 5.58. The Morgan fingerprint density at radius 1 is 1.47 bits per heavy atom. The number of thiocarbonyl (C=S) groups is 1. The lowest BCUT2D eigenvalue weighted by molar-refractivity contribution is 0.163. The molecule has 0 spiro atoms. The maximum Gasteiger partial charge on any atom is 0.104 e. The highest BCUT2D eigenvalue weighted by Crippen LogP contribution is 2.23. The van der Waals surface area contributed by atoms with Crippen LogP contribution in [0, 0.1) is 0 Å². The number of methoxy groups -OCH3 is 1. The second-order valence-electron chi connectivity index (χ2n) is 4.28. The number of anilines is 1. The third-order valence-electron chi connectivity index (χ3n) is 2.74. The molecule has 1 rings (SSSR count). The number of benzene rings is 1. The lowest BCUT2D eigenvalue weighted by Gasteiger charge is -2.17. The first-order valence-electron chi connectivity index (χ1n) is 6.05. The average molecular weight is 346 g/mol. The molecule has 0 aliphatic carbocycles. The van der Waals surface area contributed by atoms with Crippen molar-refractivity contribution in [3.8, 4) is 0 Å². The summed E-state index contributed by atoms with van der Waals surface area (Å²) in [5, 5.41) is 3.37. The molecule has 106 valence electrons. The van der Waals surface area contributed by atoms with Crippen LogP contribution in [0.15, 0.2) is 22.7 Å². The number of halogens is 1. The molecule has 0 heterocycles. The number of nitrogens with two attached hydrogens (primary N) is 1. The van der Waals surface area contributed by atoms with E-state index in [0.717, 1.165) is 42.0 Å². The first kappa shape index (κ1) is 16.4. The van der Waals surface area contributed by atoms with Gasteiger partial charge in [-0.15, -0.1) is 0 Å². The van der Waals surface area contributed by atoms with Gasteiger partial charge in [-0.25, -0.2) is 0 Å². The summed E-state index contributed by atoms with van der Waals surface area (Å²) < 4.78 is 6.01. The monoisotopic (exact) mass is 345 g/mol. The van der Waals surface area contributed by atoms with Crippen molar-refractivity contribution in [1.82, 2.24) is 4.90 Å². The van der Waals surface area contributed by atoms with Crippen molar-refractivity contribution in [2.45, 2.75) is 0 Å². The minimum Gasteiger partial charge on any atom is -0.389 e. The summed E-state index contributed by atoms with van der Waals surface area (Å²) in [6.45, 7) is 3.50. The van der Waals surface area contributed by atoms with Crippen LogP contribution in [0.2, 0.25) is 0 Å². The maximum atomic E-state index is 5.59. The highest BCUT2D eigenvalue weighted by molar-refractivity contribution is 9.10. The van der Waals surface area contributed by atoms with E-state index < -0.39 is 0 Å². The van der Waals surface area contributed by atoms with Crippen LogP contribution < -0.4 is 11.1 Å². The van der Waals surface area contributed by atoms with Gasteiger partial charge in [-0.3, -0.25) is 0 Å². The van der Waals surface area contributed by atoms with Crippen LogP contribution in [0.3, 0.4) is 0 Å². The molecule has 0 radical (unpaired) electrons. The normalized spacial score (nSPS) is 10.7. The van der Waals surface area contributed by atoms with Crippen molar-refractivity contribution in [2.75, 3.05) is 45.7 Å². The highest BCUT2D eigenvalue weighted by atomic mass is 79.9. The summed E-state index contributed by atoms with van der Waals surface area (Å²) in [5.74, 6) is 0. The predicted octanol–water partition coefficient (Wildman–Crippen LogP) is 2.07. The highest BCUT2D eigenvalue weighted by Gasteiger charge is 2.03. The van der Waals surface area contributed by atoms with Gasteiger partial charge in [0.1, 0.15) is 4.99 Å². The molecule has 0 aromatic heterocycles. The number of ether oxygens (including phenoxy) is 1. The summed E-state index contributed by atoms with van der Waals surface area (Å²) in [4.78, 5) is 2.62. The fraction of sp³-hybridized carbons (Fsp3) is 0.462. The van der Waals surface area contributed by atoms with Gasteiger partial charge in [-0.05, 0) is 41.2 Å². The van der Waals surface area contributed by atoms with Crippen LogP contribution in [0.1, 0.15) is 5.56 Å². The number of nitrogens with one attached hydrogen (secondary N) is 1. The molecule has 1 aromatic rings. The second kappa shape index (κ2) is 8.47. The lowest BCUT2D eigenvalue weighted by atomic mass is 10.2. The molecule has 0 atom stereocenters. The third kappa shape index (κ3) is 5.86. The van der Waals surface area contributed by atoms with Gasteiger partial charge < -0.3 is 20.7 Å². The molecule has 19 heavy (non-hydrogen) atoms. The van der Waals surface area contributed by atoms with E-state index in [1.165, 1.54) is 0 Å². The van der Waals surface area contributed by atoms with Gasteiger partial charge >= 0.3 is 0 Å². The minimum absolute atomic E-state index is 0.409. The Kier molecular flexibility index (Phi) is 7.30. The predicted molar refractivity (Wildman–Crippen MR) is 87.9 cm³/mol. The van der Waals surface area contributed by atoms with Crippen molar-refractivity contribution >= 4 is 38.8 Å². The standard InChI is InChI=1S/C13H20BrN3OS/c1-17(7-8-18-2)6-5-16-12-4-3-10(13(15)19)9-11(12)14/h3-4,9,16H,5-8H2,1-2H3,(H2,15,19). The van der Waals surface area contributed by atoms with Crippen LogP contribution in [-0.4, -0.2) is 50.3 Å². The van der Waals surface area contributed by atoms with Gasteiger partial charge in [0.15, 0.2) is 0 Å². The smallest absolute Gasteiger partial charge is 0.104 e. The Labute approximate surface area is 128 Å². The molecule has 0 aliphatic heterocycles. The summed E-state index contributed by atoms with van der Waals surface area (Å²) in [6, 6.07) is 5.83. The molecule has 0 aliphatic rings. The van der Waals surface area contributed by atoms with E-state index in [1.54, 1.807) is 7.11 Å². The Morgan fingerprint density at radius 2 is 2.21 bits per heavy atom. The molecular formula is C13H20BrN3OS. The summed E-state index contributed by atoms with van der Waals surface area (Å²) in [7, 11) is 3.79. The van der Waals surface area contributed by atoms with Gasteiger partial charge in [0.25, 0.3) is 0 Å². The molecule has 0 amide bonds. The van der Waals surface area contributed by atoms with Gasteiger partial charge in [0.2, 0.25) is 0 Å². The van der Waals surface area contributed by atoms with Gasteiger partial charge in [-0.1, -0.05) is 12.2 Å². The summed E-state index contributed by atoms with van der Waals surface area (Å²) in [6.07, 6.45) is 0. The molecule has 0 fully saturated rings. The zero-order valence-corrected chi connectivity index (χ0v) is 13.7. The summed E-state index contributed by atoms with van der Waals surface area (Å²) in [5.41, 5.74) is 7.50. The number of nitrogens with zero attached hydrogens (tertiary/aromatic N) is 1. The van der Waals surface area contributed by atoms with Crippen LogP contribution in [0.5, 0.6) is 0 Å². The van der Waals surface area contributed by atoms with Crippen molar-refractivity contribution < 1.29 is 4.74 Å². The third-order valence-corrected chi connectivity index (χ3v) is 3.63. The van der Waals surface area contributed by atoms with Crippen molar-refractivity contribution in [1.29, 1.82) is 0 Å². The Hall–Kier alpha value is -0.690. The average Bonchev–Trinajstić information content (AvgIpc) is 2.38. The quantitative estimate of drug-likeness (QED) is 0.706. The molecule has 4 nitrogen and oxygen atoms in total. The molecule has 0 saturated carbocycles. The number of likely N-dealkylation sites (N-methyl/N-ethyl adjacent to an activating group) is 1. The minimum atomic E-state index is 0.409. The van der Waals surface area contributed by atoms with Crippen LogP contribution in [0.4, 0.5) is 5.69 Å². The molecule has 3 N–H and O–H groups in total. The molecule has 1 aromatic carbocycles. The zero-order valence-electron chi connectivity index (χ0n) is 11.3. The van der Waals surface area contributed by atoms with Crippen LogP contribution in [0.25, 0.3) is 0 Å². The van der Waals surface area contributed by atoms with E-state index in [0.29, 0.717) is 4.99 Å². The van der Waals surface area contributed by atoms with Gasteiger partial charge in [0, 0.05) is 42.5 Å². The van der Waals surface area contributed by atoms with E-state index >= 15 is 0 Å². The van der Waals surface area contributed by atoms with E-state index in [2.05, 4.69) is 33.2 Å². The molecule has 0 unspecified atom stereocenters. The number of hydrogen-bond donors (Lipinski definition) is 2. The van der Waals surface area contributed by atoms with E-state index in [9.17, 15) is 0 Å². The van der Waals surface area contributed by atoms with E-state index in [-0.39, 0.29) is 0 Å². The van der Waals surface area contributed by atoms with Crippen LogP contribution >= 0.6 is 28.1 Å². The van der Waals surface area contributed by atoms with E-state index in [4.69, 9.17) is 22.7 Å². The Balaban J connectivity index is 2.43. The number of hydrogen-bond acceptors (Lipinski definition) is 4. The molecule has 0 saturated heterocycles. The first-order chi connectivity index (χ1) is 9.04. The largest absolute Gasteiger partial charge is 0.389 e. The topological polar surface area (TPSA) is 50.5 Å². The Bertz CT molecular complexity index is 428. The SMILES string of the molecule is COCCN(C)CCNc1ccc(C(N)=S)cc1Br. The summed E-state index contributed by atoms with van der Waals surface area (Å²) >= 11 is 8.46.